The van der Waals surface area contributed by atoms with Gasteiger partial charge < -0.3 is 14.2 Å². The zero-order valence-corrected chi connectivity index (χ0v) is 13.4. The van der Waals surface area contributed by atoms with Crippen LogP contribution in [0.4, 0.5) is 9.18 Å². The molecule has 0 unspecified atom stereocenters. The van der Waals surface area contributed by atoms with Crippen molar-refractivity contribution in [3.05, 3.63) is 35.8 Å². The number of hydrogen-bond donors (Lipinski definition) is 0. The van der Waals surface area contributed by atoms with Crippen molar-refractivity contribution in [2.24, 2.45) is 0 Å². The summed E-state index contributed by atoms with van der Waals surface area (Å²) in [6, 6.07) is 4.32. The Balaban J connectivity index is 1.83. The summed E-state index contributed by atoms with van der Waals surface area (Å²) in [4.78, 5) is 13.9. The highest BCUT2D eigenvalue weighted by molar-refractivity contribution is 5.90. The predicted molar refractivity (Wildman–Crippen MR) is 84.4 cm³/mol. The minimum atomic E-state index is -0.531. The summed E-state index contributed by atoms with van der Waals surface area (Å²) in [5, 5.41) is 4.78. The van der Waals surface area contributed by atoms with Crippen LogP contribution < -0.4 is 0 Å². The summed E-state index contributed by atoms with van der Waals surface area (Å²) < 4.78 is 23.8. The fourth-order valence-electron chi connectivity index (χ4n) is 2.54. The van der Waals surface area contributed by atoms with E-state index in [1.165, 1.54) is 12.1 Å². The first-order valence-corrected chi connectivity index (χ1v) is 7.56. The molecule has 1 aliphatic heterocycles. The van der Waals surface area contributed by atoms with E-state index < -0.39 is 5.60 Å². The molecule has 5 nitrogen and oxygen atoms in total. The average Bonchev–Trinajstić information content (AvgIpc) is 2.88. The minimum absolute atomic E-state index is 0.345. The third-order valence-electron chi connectivity index (χ3n) is 3.54. The Bertz CT molecular complexity index is 774. The summed E-state index contributed by atoms with van der Waals surface area (Å²) in [6.45, 7) is 6.51. The highest BCUT2D eigenvalue weighted by Gasteiger charge is 2.26. The molecule has 0 saturated heterocycles. The van der Waals surface area contributed by atoms with Crippen LogP contribution in [0.25, 0.3) is 16.5 Å². The molecule has 0 spiro atoms. The van der Waals surface area contributed by atoms with Gasteiger partial charge in [-0.1, -0.05) is 11.2 Å². The number of rotatable bonds is 1. The Labute approximate surface area is 133 Å². The van der Waals surface area contributed by atoms with Gasteiger partial charge in [0.15, 0.2) is 5.58 Å². The summed E-state index contributed by atoms with van der Waals surface area (Å²) in [6.07, 6.45) is 2.40. The number of amides is 1. The summed E-state index contributed by atoms with van der Waals surface area (Å²) in [5.41, 5.74) is 1.40. The van der Waals surface area contributed by atoms with Gasteiger partial charge in [0.1, 0.15) is 17.1 Å². The van der Waals surface area contributed by atoms with Crippen molar-refractivity contribution in [2.75, 3.05) is 13.1 Å². The van der Waals surface area contributed by atoms with Crippen LogP contribution in [0, 0.1) is 5.82 Å². The van der Waals surface area contributed by atoms with Gasteiger partial charge in [-0.3, -0.25) is 0 Å². The van der Waals surface area contributed by atoms with Gasteiger partial charge in [0.05, 0.1) is 6.54 Å². The Morgan fingerprint density at radius 3 is 2.91 bits per heavy atom. The molecule has 0 N–H and O–H groups in total. The monoisotopic (exact) mass is 318 g/mol. The average molecular weight is 318 g/mol. The first kappa shape index (κ1) is 15.5. The van der Waals surface area contributed by atoms with Gasteiger partial charge in [0.2, 0.25) is 0 Å². The second-order valence-corrected chi connectivity index (χ2v) is 6.59. The molecular weight excluding hydrogens is 299 g/mol. The van der Waals surface area contributed by atoms with E-state index in [0.29, 0.717) is 30.8 Å². The van der Waals surface area contributed by atoms with Crippen LogP contribution >= 0.6 is 0 Å². The molecule has 3 rings (SSSR count). The molecule has 6 heteroatoms. The molecule has 1 amide bonds. The minimum Gasteiger partial charge on any atom is -0.444 e. The van der Waals surface area contributed by atoms with Gasteiger partial charge in [0.25, 0.3) is 0 Å². The fourth-order valence-corrected chi connectivity index (χ4v) is 2.54. The maximum Gasteiger partial charge on any atom is 0.410 e. The van der Waals surface area contributed by atoms with E-state index >= 15 is 0 Å². The molecule has 0 bridgehead atoms. The standard InChI is InChI=1S/C17H19FN2O3/c1-17(2,3)22-16(21)20-8-4-5-11(10-20)15-13-7-6-12(18)9-14(13)23-19-15/h5-7,9H,4,8,10H2,1-3H3. The maximum atomic E-state index is 13.2. The summed E-state index contributed by atoms with van der Waals surface area (Å²) in [7, 11) is 0. The second-order valence-electron chi connectivity index (χ2n) is 6.59. The Hall–Kier alpha value is -2.37. The van der Waals surface area contributed by atoms with Crippen molar-refractivity contribution in [1.82, 2.24) is 10.1 Å². The first-order valence-electron chi connectivity index (χ1n) is 7.56. The van der Waals surface area contributed by atoms with E-state index in [1.54, 1.807) is 11.0 Å². The van der Waals surface area contributed by atoms with E-state index in [1.807, 2.05) is 26.8 Å². The Kier molecular flexibility index (Phi) is 3.83. The molecule has 23 heavy (non-hydrogen) atoms. The number of carbonyl (C=O) groups excluding carboxylic acids is 1. The van der Waals surface area contributed by atoms with Gasteiger partial charge >= 0.3 is 6.09 Å². The smallest absolute Gasteiger partial charge is 0.410 e. The molecule has 0 fully saturated rings. The third kappa shape index (κ3) is 3.36. The van der Waals surface area contributed by atoms with Gasteiger partial charge in [-0.15, -0.1) is 0 Å². The van der Waals surface area contributed by atoms with Crippen molar-refractivity contribution in [3.63, 3.8) is 0 Å². The molecule has 1 aromatic carbocycles. The molecular formula is C17H19FN2O3. The Morgan fingerprint density at radius 2 is 2.17 bits per heavy atom. The number of carbonyl (C=O) groups is 1. The van der Waals surface area contributed by atoms with Gasteiger partial charge in [-0.2, -0.15) is 0 Å². The van der Waals surface area contributed by atoms with Crippen LogP contribution in [0.1, 0.15) is 32.9 Å². The van der Waals surface area contributed by atoms with Crippen LogP contribution in [-0.2, 0) is 4.74 Å². The zero-order valence-electron chi connectivity index (χ0n) is 13.4. The summed E-state index contributed by atoms with van der Waals surface area (Å²) in [5.74, 6) is -0.367. The lowest BCUT2D eigenvalue weighted by molar-refractivity contribution is 0.0273. The normalized spacial score (nSPS) is 15.7. The van der Waals surface area contributed by atoms with E-state index in [9.17, 15) is 9.18 Å². The highest BCUT2D eigenvalue weighted by atomic mass is 19.1. The quantitative estimate of drug-likeness (QED) is 0.798. The lowest BCUT2D eigenvalue weighted by Crippen LogP contribution is -2.39. The molecule has 1 aromatic heterocycles. The SMILES string of the molecule is CC(C)(C)OC(=O)N1CCC=C(c2noc3cc(F)ccc23)C1. The van der Waals surface area contributed by atoms with E-state index in [0.717, 1.165) is 11.0 Å². The molecule has 0 saturated carbocycles. The molecule has 0 atom stereocenters. The van der Waals surface area contributed by atoms with Gasteiger partial charge in [-0.25, -0.2) is 9.18 Å². The predicted octanol–water partition coefficient (Wildman–Crippen LogP) is 3.99. The number of fused-ring (bicyclic) bond motifs is 1. The van der Waals surface area contributed by atoms with Crippen LogP contribution in [0.5, 0.6) is 0 Å². The number of nitrogens with zero attached hydrogens (tertiary/aromatic N) is 2. The largest absolute Gasteiger partial charge is 0.444 e. The molecule has 122 valence electrons. The molecule has 2 aromatic rings. The highest BCUT2D eigenvalue weighted by Crippen LogP contribution is 2.28. The van der Waals surface area contributed by atoms with Crippen LogP contribution in [0.15, 0.2) is 28.8 Å². The van der Waals surface area contributed by atoms with E-state index in [4.69, 9.17) is 9.26 Å². The van der Waals surface area contributed by atoms with Crippen molar-refractivity contribution in [1.29, 1.82) is 0 Å². The number of ether oxygens (including phenoxy) is 1. The molecule has 2 heterocycles. The second kappa shape index (κ2) is 5.68. The number of hydrogen-bond acceptors (Lipinski definition) is 4. The van der Waals surface area contributed by atoms with Crippen molar-refractivity contribution in [2.45, 2.75) is 32.8 Å². The summed E-state index contributed by atoms with van der Waals surface area (Å²) >= 11 is 0. The number of halogens is 1. The maximum absolute atomic E-state index is 13.2. The van der Waals surface area contributed by atoms with E-state index in [2.05, 4.69) is 5.16 Å². The third-order valence-corrected chi connectivity index (χ3v) is 3.54. The fraction of sp³-hybridized carbons (Fsp3) is 0.412. The first-order chi connectivity index (χ1) is 10.8. The van der Waals surface area contributed by atoms with Gasteiger partial charge in [0, 0.05) is 18.0 Å². The Morgan fingerprint density at radius 1 is 1.39 bits per heavy atom. The van der Waals surface area contributed by atoms with Crippen molar-refractivity contribution in [3.8, 4) is 0 Å². The van der Waals surface area contributed by atoms with Crippen molar-refractivity contribution < 1.29 is 18.4 Å². The van der Waals surface area contributed by atoms with Gasteiger partial charge in [-0.05, 0) is 44.9 Å². The molecule has 0 aliphatic carbocycles. The number of aromatic nitrogens is 1. The zero-order chi connectivity index (χ0) is 16.6. The van der Waals surface area contributed by atoms with Crippen LogP contribution in [0.3, 0.4) is 0 Å². The molecule has 0 radical (unpaired) electrons. The lowest BCUT2D eigenvalue weighted by atomic mass is 10.0. The number of benzene rings is 1. The lowest BCUT2D eigenvalue weighted by Gasteiger charge is -2.29. The van der Waals surface area contributed by atoms with E-state index in [-0.39, 0.29) is 11.9 Å². The van der Waals surface area contributed by atoms with Crippen molar-refractivity contribution >= 4 is 22.6 Å². The van der Waals surface area contributed by atoms with Crippen LogP contribution in [0.2, 0.25) is 0 Å². The van der Waals surface area contributed by atoms with Crippen LogP contribution in [-0.4, -0.2) is 34.8 Å². The topological polar surface area (TPSA) is 55.6 Å². The molecule has 1 aliphatic rings.